The van der Waals surface area contributed by atoms with Crippen molar-refractivity contribution in [2.45, 2.75) is 64.0 Å². The number of carbonyl (C=O) groups is 1. The number of ether oxygens (including phenoxy) is 1. The van der Waals surface area contributed by atoms with Crippen LogP contribution in [0.5, 0.6) is 0 Å². The molecule has 1 aliphatic heterocycles. The fraction of sp³-hybridized carbons (Fsp3) is 0.938. The number of nitrogens with zero attached hydrogens (tertiary/aromatic N) is 1. The zero-order valence-corrected chi connectivity index (χ0v) is 15.1. The van der Waals surface area contributed by atoms with E-state index in [2.05, 4.69) is 11.6 Å². The van der Waals surface area contributed by atoms with E-state index in [1.54, 1.807) is 4.90 Å². The molecule has 2 aliphatic rings. The first-order valence-corrected chi connectivity index (χ1v) is 10.6. The minimum Gasteiger partial charge on any atom is -0.368 e. The standard InChI is InChI=1S/C16H30N2O4S/c1-13-7-3-4-9-15(13)22-12-16(19)18-10-6-5-8-14(18)11-17-23(2,20)21/h13-15,17H,3-12H2,1-2H3/t13-,14-,15-/m1/s1. The van der Waals surface area contributed by atoms with Gasteiger partial charge in [-0.1, -0.05) is 19.8 Å². The van der Waals surface area contributed by atoms with Crippen LogP contribution in [0.25, 0.3) is 0 Å². The highest BCUT2D eigenvalue weighted by Gasteiger charge is 2.29. The van der Waals surface area contributed by atoms with Gasteiger partial charge in [0.1, 0.15) is 6.61 Å². The van der Waals surface area contributed by atoms with Crippen LogP contribution in [0.4, 0.5) is 0 Å². The first kappa shape index (κ1) is 18.7. The highest BCUT2D eigenvalue weighted by molar-refractivity contribution is 7.88. The predicted molar refractivity (Wildman–Crippen MR) is 89.6 cm³/mol. The molecule has 0 aromatic carbocycles. The summed E-state index contributed by atoms with van der Waals surface area (Å²) in [5, 5.41) is 0. The van der Waals surface area contributed by atoms with Crippen molar-refractivity contribution in [1.29, 1.82) is 0 Å². The van der Waals surface area contributed by atoms with Gasteiger partial charge in [-0.15, -0.1) is 0 Å². The van der Waals surface area contributed by atoms with Gasteiger partial charge in [-0.3, -0.25) is 4.79 Å². The van der Waals surface area contributed by atoms with Crippen LogP contribution in [0, 0.1) is 5.92 Å². The van der Waals surface area contributed by atoms with Crippen molar-refractivity contribution in [3.8, 4) is 0 Å². The minimum atomic E-state index is -3.23. The van der Waals surface area contributed by atoms with E-state index in [1.165, 1.54) is 19.3 Å². The number of nitrogens with one attached hydrogen (secondary N) is 1. The Bertz CT molecular complexity index is 494. The molecule has 6 nitrogen and oxygen atoms in total. The van der Waals surface area contributed by atoms with Crippen molar-refractivity contribution in [2.24, 2.45) is 5.92 Å². The van der Waals surface area contributed by atoms with E-state index in [0.717, 1.165) is 31.9 Å². The maximum atomic E-state index is 12.5. The first-order valence-electron chi connectivity index (χ1n) is 8.72. The first-order chi connectivity index (χ1) is 10.9. The van der Waals surface area contributed by atoms with Gasteiger partial charge in [-0.2, -0.15) is 0 Å². The van der Waals surface area contributed by atoms with Crippen LogP contribution in [0.2, 0.25) is 0 Å². The summed E-state index contributed by atoms with van der Waals surface area (Å²) in [5.41, 5.74) is 0. The molecule has 0 aromatic rings. The van der Waals surface area contributed by atoms with Crippen LogP contribution in [-0.2, 0) is 19.6 Å². The molecule has 1 N–H and O–H groups in total. The molecular weight excluding hydrogens is 316 g/mol. The third-order valence-corrected chi connectivity index (χ3v) is 5.67. The summed E-state index contributed by atoms with van der Waals surface area (Å²) in [5.74, 6) is 0.503. The maximum absolute atomic E-state index is 12.5. The van der Waals surface area contributed by atoms with Gasteiger partial charge in [0.2, 0.25) is 15.9 Å². The average molecular weight is 346 g/mol. The molecule has 1 saturated carbocycles. The van der Waals surface area contributed by atoms with E-state index >= 15 is 0 Å². The lowest BCUT2D eigenvalue weighted by Gasteiger charge is -2.36. The number of piperidine rings is 1. The fourth-order valence-corrected chi connectivity index (χ4v) is 4.07. The number of amides is 1. The van der Waals surface area contributed by atoms with Crippen molar-refractivity contribution >= 4 is 15.9 Å². The second-order valence-electron chi connectivity index (χ2n) is 6.97. The number of rotatable bonds is 6. The number of carbonyl (C=O) groups excluding carboxylic acids is 1. The van der Waals surface area contributed by atoms with E-state index in [4.69, 9.17) is 4.74 Å². The molecule has 23 heavy (non-hydrogen) atoms. The quantitative estimate of drug-likeness (QED) is 0.791. The normalized spacial score (nSPS) is 29.5. The van der Waals surface area contributed by atoms with Crippen molar-refractivity contribution in [3.05, 3.63) is 0 Å². The third-order valence-electron chi connectivity index (χ3n) is 4.98. The molecule has 1 amide bonds. The lowest BCUT2D eigenvalue weighted by molar-refractivity contribution is -0.143. The topological polar surface area (TPSA) is 75.7 Å². The van der Waals surface area contributed by atoms with Crippen LogP contribution in [0.15, 0.2) is 0 Å². The minimum absolute atomic E-state index is 0.0113. The van der Waals surface area contributed by atoms with Gasteiger partial charge in [0.25, 0.3) is 0 Å². The lowest BCUT2D eigenvalue weighted by Crippen LogP contribution is -2.50. The fourth-order valence-electron chi connectivity index (χ4n) is 3.58. The molecular formula is C16H30N2O4S. The number of sulfonamides is 1. The van der Waals surface area contributed by atoms with Crippen molar-refractivity contribution in [1.82, 2.24) is 9.62 Å². The molecule has 7 heteroatoms. The zero-order chi connectivity index (χ0) is 16.9. The van der Waals surface area contributed by atoms with E-state index in [-0.39, 0.29) is 24.7 Å². The second-order valence-corrected chi connectivity index (χ2v) is 8.80. The molecule has 1 saturated heterocycles. The number of likely N-dealkylation sites (tertiary alicyclic amines) is 1. The predicted octanol–water partition coefficient (Wildman–Crippen LogP) is 1.51. The molecule has 0 spiro atoms. The number of hydrogen-bond donors (Lipinski definition) is 1. The molecule has 2 rings (SSSR count). The van der Waals surface area contributed by atoms with Crippen molar-refractivity contribution in [3.63, 3.8) is 0 Å². The molecule has 1 aliphatic carbocycles. The Kier molecular flexibility index (Phi) is 6.85. The molecule has 3 atom stereocenters. The molecule has 1 heterocycles. The van der Waals surface area contributed by atoms with Gasteiger partial charge in [0, 0.05) is 19.1 Å². The van der Waals surface area contributed by atoms with Crippen LogP contribution in [0.1, 0.15) is 51.9 Å². The highest BCUT2D eigenvalue weighted by Crippen LogP contribution is 2.26. The van der Waals surface area contributed by atoms with Gasteiger partial charge in [-0.25, -0.2) is 13.1 Å². The largest absolute Gasteiger partial charge is 0.368 e. The monoisotopic (exact) mass is 346 g/mol. The molecule has 134 valence electrons. The Hall–Kier alpha value is -0.660. The van der Waals surface area contributed by atoms with Gasteiger partial charge >= 0.3 is 0 Å². The van der Waals surface area contributed by atoms with E-state index in [9.17, 15) is 13.2 Å². The second kappa shape index (κ2) is 8.44. The molecule has 0 radical (unpaired) electrons. The average Bonchev–Trinajstić information content (AvgIpc) is 2.51. The SMILES string of the molecule is C[C@@H]1CCCC[C@H]1OCC(=O)N1CCCC[C@@H]1CNS(C)(=O)=O. The molecule has 0 unspecified atom stereocenters. The van der Waals surface area contributed by atoms with Crippen LogP contribution in [-0.4, -0.2) is 57.3 Å². The van der Waals surface area contributed by atoms with Gasteiger partial charge < -0.3 is 9.64 Å². The Morgan fingerprint density at radius 3 is 2.57 bits per heavy atom. The van der Waals surface area contributed by atoms with E-state index < -0.39 is 10.0 Å². The maximum Gasteiger partial charge on any atom is 0.248 e. The summed E-state index contributed by atoms with van der Waals surface area (Å²) >= 11 is 0. The molecule has 0 aromatic heterocycles. The Morgan fingerprint density at radius 1 is 1.17 bits per heavy atom. The van der Waals surface area contributed by atoms with Gasteiger partial charge in [0.05, 0.1) is 12.4 Å². The van der Waals surface area contributed by atoms with Crippen molar-refractivity contribution < 1.29 is 17.9 Å². The molecule has 2 fully saturated rings. The van der Waals surface area contributed by atoms with Crippen LogP contribution < -0.4 is 4.72 Å². The van der Waals surface area contributed by atoms with Crippen LogP contribution >= 0.6 is 0 Å². The number of hydrogen-bond acceptors (Lipinski definition) is 4. The summed E-state index contributed by atoms with van der Waals surface area (Å²) in [6.07, 6.45) is 8.81. The summed E-state index contributed by atoms with van der Waals surface area (Å²) in [7, 11) is -3.23. The summed E-state index contributed by atoms with van der Waals surface area (Å²) in [6, 6.07) is -0.0571. The van der Waals surface area contributed by atoms with E-state index in [1.807, 2.05) is 0 Å². The highest BCUT2D eigenvalue weighted by atomic mass is 32.2. The smallest absolute Gasteiger partial charge is 0.248 e. The molecule has 0 bridgehead atoms. The van der Waals surface area contributed by atoms with Gasteiger partial charge in [0.15, 0.2) is 0 Å². The van der Waals surface area contributed by atoms with Gasteiger partial charge in [-0.05, 0) is 38.0 Å². The Labute approximate surface area is 140 Å². The van der Waals surface area contributed by atoms with Crippen molar-refractivity contribution in [2.75, 3.05) is 26.0 Å². The third kappa shape index (κ3) is 6.04. The summed E-state index contributed by atoms with van der Waals surface area (Å²) in [6.45, 7) is 3.29. The summed E-state index contributed by atoms with van der Waals surface area (Å²) < 4.78 is 31.0. The van der Waals surface area contributed by atoms with Crippen LogP contribution in [0.3, 0.4) is 0 Å². The summed E-state index contributed by atoms with van der Waals surface area (Å²) in [4.78, 5) is 14.3. The Morgan fingerprint density at radius 2 is 1.87 bits per heavy atom. The Balaban J connectivity index is 1.84. The lowest BCUT2D eigenvalue weighted by atomic mass is 9.88. The zero-order valence-electron chi connectivity index (χ0n) is 14.3. The van der Waals surface area contributed by atoms with E-state index in [0.29, 0.717) is 19.0 Å².